The van der Waals surface area contributed by atoms with E-state index in [0.29, 0.717) is 6.42 Å². The largest absolute Gasteiger partial charge is 0.447 e. The second-order valence-electron chi connectivity index (χ2n) is 5.04. The summed E-state index contributed by atoms with van der Waals surface area (Å²) in [5, 5.41) is 0. The SMILES string of the molecule is CCCCCCCCC(N)OC(=O)CCCCC. The average Bonchev–Trinajstić information content (AvgIpc) is 2.34. The minimum Gasteiger partial charge on any atom is -0.447 e. The van der Waals surface area contributed by atoms with Crippen LogP contribution in [0.25, 0.3) is 0 Å². The number of nitrogens with two attached hydrogens (primary N) is 1. The Balaban J connectivity index is 3.35. The lowest BCUT2D eigenvalue weighted by atomic mass is 10.1. The zero-order valence-electron chi connectivity index (χ0n) is 12.2. The molecule has 0 fully saturated rings. The van der Waals surface area contributed by atoms with Crippen LogP contribution in [0.15, 0.2) is 0 Å². The van der Waals surface area contributed by atoms with E-state index in [1.807, 2.05) is 0 Å². The second-order valence-corrected chi connectivity index (χ2v) is 5.04. The molecule has 0 saturated carbocycles. The fourth-order valence-electron chi connectivity index (χ4n) is 1.93. The summed E-state index contributed by atoms with van der Waals surface area (Å²) in [5.41, 5.74) is 5.78. The van der Waals surface area contributed by atoms with E-state index in [1.165, 1.54) is 32.1 Å². The van der Waals surface area contributed by atoms with Gasteiger partial charge in [0.25, 0.3) is 0 Å². The highest BCUT2D eigenvalue weighted by Gasteiger charge is 2.08. The van der Waals surface area contributed by atoms with E-state index >= 15 is 0 Å². The van der Waals surface area contributed by atoms with Crippen molar-refractivity contribution in [2.45, 2.75) is 90.7 Å². The maximum atomic E-state index is 11.4. The minimum absolute atomic E-state index is 0.137. The van der Waals surface area contributed by atoms with Crippen LogP contribution < -0.4 is 5.73 Å². The molecule has 0 aliphatic carbocycles. The van der Waals surface area contributed by atoms with Gasteiger partial charge in [0.15, 0.2) is 6.23 Å². The first-order valence-electron chi connectivity index (χ1n) is 7.65. The predicted octanol–water partition coefficient (Wildman–Crippen LogP) is 4.15. The number of unbranched alkanes of at least 4 members (excludes halogenated alkanes) is 7. The van der Waals surface area contributed by atoms with E-state index in [2.05, 4.69) is 13.8 Å². The molecule has 1 atom stereocenters. The van der Waals surface area contributed by atoms with Gasteiger partial charge in [-0.05, 0) is 19.3 Å². The van der Waals surface area contributed by atoms with E-state index in [0.717, 1.165) is 32.1 Å². The fourth-order valence-corrected chi connectivity index (χ4v) is 1.93. The first-order valence-corrected chi connectivity index (χ1v) is 7.65. The van der Waals surface area contributed by atoms with E-state index in [4.69, 9.17) is 10.5 Å². The molecule has 3 heteroatoms. The Morgan fingerprint density at radius 1 is 0.944 bits per heavy atom. The van der Waals surface area contributed by atoms with Crippen LogP contribution in [0.3, 0.4) is 0 Å². The Bertz CT molecular complexity index is 195. The van der Waals surface area contributed by atoms with Crippen LogP contribution >= 0.6 is 0 Å². The molecule has 108 valence electrons. The lowest BCUT2D eigenvalue weighted by Gasteiger charge is -2.12. The summed E-state index contributed by atoms with van der Waals surface area (Å²) in [5.74, 6) is -0.137. The molecule has 0 bridgehead atoms. The molecule has 0 aromatic heterocycles. The standard InChI is InChI=1S/C15H31NO2/c1-3-5-7-8-9-11-12-14(16)18-15(17)13-10-6-4-2/h14H,3-13,16H2,1-2H3. The van der Waals surface area contributed by atoms with Crippen LogP contribution in [-0.4, -0.2) is 12.2 Å². The third-order valence-corrected chi connectivity index (χ3v) is 3.11. The highest BCUT2D eigenvalue weighted by atomic mass is 16.6. The molecular weight excluding hydrogens is 226 g/mol. The van der Waals surface area contributed by atoms with Gasteiger partial charge in [-0.25, -0.2) is 0 Å². The molecule has 0 aromatic carbocycles. The highest BCUT2D eigenvalue weighted by Crippen LogP contribution is 2.09. The molecule has 18 heavy (non-hydrogen) atoms. The Kier molecular flexibility index (Phi) is 12.5. The topological polar surface area (TPSA) is 52.3 Å². The van der Waals surface area contributed by atoms with Gasteiger partial charge in [-0.15, -0.1) is 0 Å². The van der Waals surface area contributed by atoms with Crippen LogP contribution in [0.2, 0.25) is 0 Å². The number of carbonyl (C=O) groups is 1. The smallest absolute Gasteiger partial charge is 0.307 e. The van der Waals surface area contributed by atoms with Crippen LogP contribution in [0.1, 0.15) is 84.5 Å². The van der Waals surface area contributed by atoms with Crippen molar-refractivity contribution in [1.82, 2.24) is 0 Å². The van der Waals surface area contributed by atoms with Crippen molar-refractivity contribution >= 4 is 5.97 Å². The number of hydrogen-bond donors (Lipinski definition) is 1. The summed E-state index contributed by atoms with van der Waals surface area (Å²) in [6, 6.07) is 0. The Labute approximate surface area is 112 Å². The van der Waals surface area contributed by atoms with Crippen molar-refractivity contribution in [2.75, 3.05) is 0 Å². The summed E-state index contributed by atoms with van der Waals surface area (Å²) < 4.78 is 5.16. The van der Waals surface area contributed by atoms with Crippen LogP contribution in [-0.2, 0) is 9.53 Å². The summed E-state index contributed by atoms with van der Waals surface area (Å²) in [4.78, 5) is 11.4. The van der Waals surface area contributed by atoms with Gasteiger partial charge in [-0.3, -0.25) is 10.5 Å². The van der Waals surface area contributed by atoms with Gasteiger partial charge in [-0.1, -0.05) is 58.8 Å². The van der Waals surface area contributed by atoms with Crippen molar-refractivity contribution in [3.63, 3.8) is 0 Å². The number of rotatable bonds is 12. The molecule has 1 unspecified atom stereocenters. The Morgan fingerprint density at radius 2 is 1.50 bits per heavy atom. The predicted molar refractivity (Wildman–Crippen MR) is 76.2 cm³/mol. The van der Waals surface area contributed by atoms with Crippen molar-refractivity contribution in [2.24, 2.45) is 5.73 Å². The number of esters is 1. The first-order chi connectivity index (χ1) is 8.70. The number of carbonyl (C=O) groups excluding carboxylic acids is 1. The van der Waals surface area contributed by atoms with Gasteiger partial charge >= 0.3 is 5.97 Å². The van der Waals surface area contributed by atoms with Gasteiger partial charge < -0.3 is 4.74 Å². The summed E-state index contributed by atoms with van der Waals surface area (Å²) in [6.07, 6.45) is 11.5. The zero-order valence-corrected chi connectivity index (χ0v) is 12.2. The molecule has 0 rings (SSSR count). The quantitative estimate of drug-likeness (QED) is 0.325. The van der Waals surface area contributed by atoms with Crippen molar-refractivity contribution in [3.05, 3.63) is 0 Å². The average molecular weight is 257 g/mol. The zero-order chi connectivity index (χ0) is 13.6. The van der Waals surface area contributed by atoms with Crippen LogP contribution in [0, 0.1) is 0 Å². The Morgan fingerprint density at radius 3 is 2.17 bits per heavy atom. The lowest BCUT2D eigenvalue weighted by molar-refractivity contribution is -0.149. The van der Waals surface area contributed by atoms with E-state index in [1.54, 1.807) is 0 Å². The Hall–Kier alpha value is -0.570. The van der Waals surface area contributed by atoms with Crippen molar-refractivity contribution < 1.29 is 9.53 Å². The summed E-state index contributed by atoms with van der Waals surface area (Å²) in [6.45, 7) is 4.34. The molecule has 0 spiro atoms. The molecule has 0 aromatic rings. The lowest BCUT2D eigenvalue weighted by Crippen LogP contribution is -2.26. The first kappa shape index (κ1) is 17.4. The molecule has 3 nitrogen and oxygen atoms in total. The maximum absolute atomic E-state index is 11.4. The van der Waals surface area contributed by atoms with E-state index in [9.17, 15) is 4.79 Å². The van der Waals surface area contributed by atoms with Crippen LogP contribution in [0.5, 0.6) is 0 Å². The van der Waals surface area contributed by atoms with Gasteiger partial charge in [0.2, 0.25) is 0 Å². The van der Waals surface area contributed by atoms with E-state index in [-0.39, 0.29) is 5.97 Å². The third kappa shape index (κ3) is 11.9. The molecule has 0 aliphatic rings. The molecule has 0 saturated heterocycles. The summed E-state index contributed by atoms with van der Waals surface area (Å²) >= 11 is 0. The third-order valence-electron chi connectivity index (χ3n) is 3.11. The molecule has 2 N–H and O–H groups in total. The van der Waals surface area contributed by atoms with Gasteiger partial charge in [0.1, 0.15) is 0 Å². The highest BCUT2D eigenvalue weighted by molar-refractivity contribution is 5.69. The van der Waals surface area contributed by atoms with Gasteiger partial charge in [0, 0.05) is 6.42 Å². The molecule has 0 aliphatic heterocycles. The van der Waals surface area contributed by atoms with Gasteiger partial charge in [-0.2, -0.15) is 0 Å². The maximum Gasteiger partial charge on any atom is 0.307 e. The number of hydrogen-bond acceptors (Lipinski definition) is 3. The minimum atomic E-state index is -0.398. The van der Waals surface area contributed by atoms with Crippen molar-refractivity contribution in [3.8, 4) is 0 Å². The molecule has 0 radical (unpaired) electrons. The second kappa shape index (κ2) is 12.9. The molecule has 0 heterocycles. The summed E-state index contributed by atoms with van der Waals surface area (Å²) in [7, 11) is 0. The molecular formula is C15H31NO2. The number of ether oxygens (including phenoxy) is 1. The fraction of sp³-hybridized carbons (Fsp3) is 0.933. The monoisotopic (exact) mass is 257 g/mol. The van der Waals surface area contributed by atoms with Crippen LogP contribution in [0.4, 0.5) is 0 Å². The normalized spacial score (nSPS) is 12.4. The molecule has 0 amide bonds. The van der Waals surface area contributed by atoms with Crippen molar-refractivity contribution in [1.29, 1.82) is 0 Å². The van der Waals surface area contributed by atoms with E-state index < -0.39 is 6.23 Å². The van der Waals surface area contributed by atoms with Gasteiger partial charge in [0.05, 0.1) is 0 Å².